The fourth-order valence-electron chi connectivity index (χ4n) is 3.07. The largest absolute Gasteiger partial charge is 0.573 e. The fourth-order valence-corrected chi connectivity index (χ4v) is 3.07. The summed E-state index contributed by atoms with van der Waals surface area (Å²) in [5, 5.41) is 8.81. The molecule has 152 valence electrons. The summed E-state index contributed by atoms with van der Waals surface area (Å²) in [5.74, 6) is -0.0607. The highest BCUT2D eigenvalue weighted by Gasteiger charge is 2.31. The maximum absolute atomic E-state index is 12.4. The molecule has 10 heteroatoms. The van der Waals surface area contributed by atoms with Crippen molar-refractivity contribution in [2.45, 2.75) is 12.3 Å². The van der Waals surface area contributed by atoms with E-state index in [1.54, 1.807) is 17.2 Å². The second kappa shape index (κ2) is 7.36. The normalized spacial score (nSPS) is 15.1. The van der Waals surface area contributed by atoms with Gasteiger partial charge in [0.2, 0.25) is 0 Å². The Morgan fingerprint density at radius 1 is 1.21 bits per heavy atom. The number of ether oxygens (including phenoxy) is 1. The van der Waals surface area contributed by atoms with E-state index >= 15 is 0 Å². The number of hydrogen-bond donors (Lipinski definition) is 1. The summed E-state index contributed by atoms with van der Waals surface area (Å²) in [7, 11) is 3.76. The molecule has 0 unspecified atom stereocenters. The van der Waals surface area contributed by atoms with Crippen molar-refractivity contribution in [3.05, 3.63) is 42.2 Å². The highest BCUT2D eigenvalue weighted by atomic mass is 19.4. The first kappa shape index (κ1) is 19.2. The van der Waals surface area contributed by atoms with Crippen LogP contribution in [0.25, 0.3) is 16.7 Å². The number of benzene rings is 1. The molecule has 1 fully saturated rings. The quantitative estimate of drug-likeness (QED) is 0.523. The van der Waals surface area contributed by atoms with Crippen LogP contribution in [0.2, 0.25) is 0 Å². The van der Waals surface area contributed by atoms with E-state index in [1.807, 2.05) is 25.1 Å². The van der Waals surface area contributed by atoms with Crippen LogP contribution < -0.4 is 10.1 Å². The lowest BCUT2D eigenvalue weighted by Gasteiger charge is -2.25. The SMILES string of the molecule is CN(C)C=Nc1ccnc2c1c(C1CNC1)nn2-c1ccc(OC(F)(F)F)cc1. The number of pyridine rings is 1. The van der Waals surface area contributed by atoms with Crippen LogP contribution >= 0.6 is 0 Å². The summed E-state index contributed by atoms with van der Waals surface area (Å²) < 4.78 is 42.8. The molecule has 0 bridgehead atoms. The molecule has 0 spiro atoms. The molecule has 0 amide bonds. The van der Waals surface area contributed by atoms with Crippen LogP contribution in [0.3, 0.4) is 0 Å². The number of aromatic nitrogens is 3. The first-order valence-corrected chi connectivity index (χ1v) is 8.97. The third-order valence-corrected chi connectivity index (χ3v) is 4.48. The number of hydrogen-bond acceptors (Lipinski definition) is 5. The fraction of sp³-hybridized carbons (Fsp3) is 0.316. The molecule has 0 aliphatic carbocycles. The standard InChI is InChI=1S/C19H19F3N6O/c1-27(2)11-25-15-7-8-24-18-16(15)17(12-9-23-10-12)26-28(18)13-3-5-14(6-4-13)29-19(20,21)22/h3-8,11-12,23H,9-10H2,1-2H3. The highest BCUT2D eigenvalue weighted by Crippen LogP contribution is 2.35. The molecular weight excluding hydrogens is 385 g/mol. The van der Waals surface area contributed by atoms with Gasteiger partial charge in [0.1, 0.15) is 5.75 Å². The summed E-state index contributed by atoms with van der Waals surface area (Å²) in [6.07, 6.45) is -1.38. The summed E-state index contributed by atoms with van der Waals surface area (Å²) >= 11 is 0. The van der Waals surface area contributed by atoms with Gasteiger partial charge >= 0.3 is 6.36 Å². The lowest BCUT2D eigenvalue weighted by molar-refractivity contribution is -0.274. The Morgan fingerprint density at radius 2 is 1.93 bits per heavy atom. The second-order valence-corrected chi connectivity index (χ2v) is 6.93. The number of aliphatic imine (C=N–C) groups is 1. The Morgan fingerprint density at radius 3 is 2.52 bits per heavy atom. The van der Waals surface area contributed by atoms with E-state index in [1.165, 1.54) is 24.3 Å². The minimum absolute atomic E-state index is 0.226. The van der Waals surface area contributed by atoms with Crippen molar-refractivity contribution in [2.75, 3.05) is 27.2 Å². The van der Waals surface area contributed by atoms with Gasteiger partial charge in [0, 0.05) is 39.3 Å². The molecule has 2 aromatic heterocycles. The van der Waals surface area contributed by atoms with Crippen molar-refractivity contribution in [1.82, 2.24) is 25.0 Å². The van der Waals surface area contributed by atoms with Gasteiger partial charge in [-0.1, -0.05) is 0 Å². The van der Waals surface area contributed by atoms with Crippen LogP contribution in [0.5, 0.6) is 5.75 Å². The lowest BCUT2D eigenvalue weighted by Crippen LogP contribution is -2.40. The molecule has 1 aromatic carbocycles. The van der Waals surface area contributed by atoms with Gasteiger partial charge in [-0.15, -0.1) is 13.2 Å². The van der Waals surface area contributed by atoms with E-state index < -0.39 is 6.36 Å². The topological polar surface area (TPSA) is 67.6 Å². The Kier molecular flexibility index (Phi) is 4.87. The maximum atomic E-state index is 12.4. The molecule has 7 nitrogen and oxygen atoms in total. The van der Waals surface area contributed by atoms with Gasteiger partial charge in [0.05, 0.1) is 28.8 Å². The molecule has 1 N–H and O–H groups in total. The molecule has 3 heterocycles. The van der Waals surface area contributed by atoms with E-state index in [2.05, 4.69) is 20.0 Å². The first-order chi connectivity index (χ1) is 13.8. The summed E-state index contributed by atoms with van der Waals surface area (Å²) in [6, 6.07) is 7.38. The predicted molar refractivity (Wildman–Crippen MR) is 103 cm³/mol. The highest BCUT2D eigenvalue weighted by molar-refractivity contribution is 5.92. The molecule has 0 atom stereocenters. The van der Waals surface area contributed by atoms with E-state index in [0.29, 0.717) is 11.3 Å². The Labute approximate surface area is 164 Å². The van der Waals surface area contributed by atoms with Crippen molar-refractivity contribution >= 4 is 23.1 Å². The third-order valence-electron chi connectivity index (χ3n) is 4.48. The number of fused-ring (bicyclic) bond motifs is 1. The molecule has 3 aromatic rings. The Bertz CT molecular complexity index is 1040. The molecule has 1 aliphatic rings. The van der Waals surface area contributed by atoms with E-state index in [9.17, 15) is 13.2 Å². The Hall–Kier alpha value is -3.14. The zero-order valence-electron chi connectivity index (χ0n) is 15.8. The van der Waals surface area contributed by atoms with Crippen LogP contribution in [0.4, 0.5) is 18.9 Å². The summed E-state index contributed by atoms with van der Waals surface area (Å²) in [5.41, 5.74) is 2.80. The predicted octanol–water partition coefficient (Wildman–Crippen LogP) is 3.23. The molecule has 1 aliphatic heterocycles. The number of alkyl halides is 3. The minimum Gasteiger partial charge on any atom is -0.406 e. The number of nitrogens with one attached hydrogen (secondary N) is 1. The molecule has 0 radical (unpaired) electrons. The molecule has 1 saturated heterocycles. The monoisotopic (exact) mass is 404 g/mol. The van der Waals surface area contributed by atoms with E-state index in [-0.39, 0.29) is 11.7 Å². The summed E-state index contributed by atoms with van der Waals surface area (Å²) in [4.78, 5) is 10.8. The van der Waals surface area contributed by atoms with Crippen LogP contribution in [-0.2, 0) is 0 Å². The van der Waals surface area contributed by atoms with Crippen LogP contribution in [0.1, 0.15) is 11.6 Å². The van der Waals surface area contributed by atoms with Crippen molar-refractivity contribution in [2.24, 2.45) is 4.99 Å². The molecular formula is C19H19F3N6O. The lowest BCUT2D eigenvalue weighted by atomic mass is 9.97. The smallest absolute Gasteiger partial charge is 0.406 e. The number of nitrogens with zero attached hydrogens (tertiary/aromatic N) is 5. The first-order valence-electron chi connectivity index (χ1n) is 8.97. The third kappa shape index (κ3) is 4.02. The van der Waals surface area contributed by atoms with Crippen LogP contribution in [0.15, 0.2) is 41.5 Å². The van der Waals surface area contributed by atoms with Crippen molar-refractivity contribution in [1.29, 1.82) is 0 Å². The van der Waals surface area contributed by atoms with Crippen molar-refractivity contribution in [3.63, 3.8) is 0 Å². The average Bonchev–Trinajstić information content (AvgIpc) is 2.98. The van der Waals surface area contributed by atoms with Gasteiger partial charge in [0.25, 0.3) is 0 Å². The minimum atomic E-state index is -4.73. The van der Waals surface area contributed by atoms with Gasteiger partial charge in [-0.05, 0) is 30.3 Å². The maximum Gasteiger partial charge on any atom is 0.573 e. The molecule has 0 saturated carbocycles. The molecule has 4 rings (SSSR count). The number of halogens is 3. The van der Waals surface area contributed by atoms with Crippen LogP contribution in [0, 0.1) is 0 Å². The van der Waals surface area contributed by atoms with Gasteiger partial charge in [-0.25, -0.2) is 14.7 Å². The zero-order chi connectivity index (χ0) is 20.6. The van der Waals surface area contributed by atoms with Gasteiger partial charge < -0.3 is 15.0 Å². The van der Waals surface area contributed by atoms with Crippen LogP contribution in [-0.4, -0.2) is 59.6 Å². The molecule has 29 heavy (non-hydrogen) atoms. The average molecular weight is 404 g/mol. The summed E-state index contributed by atoms with van der Waals surface area (Å²) in [6.45, 7) is 1.60. The van der Waals surface area contributed by atoms with Gasteiger partial charge in [-0.3, -0.25) is 0 Å². The zero-order valence-corrected chi connectivity index (χ0v) is 15.8. The number of rotatable bonds is 5. The Balaban J connectivity index is 1.80. The van der Waals surface area contributed by atoms with E-state index in [4.69, 9.17) is 5.10 Å². The second-order valence-electron chi connectivity index (χ2n) is 6.93. The van der Waals surface area contributed by atoms with Gasteiger partial charge in [0.15, 0.2) is 5.65 Å². The van der Waals surface area contributed by atoms with Crippen molar-refractivity contribution in [3.8, 4) is 11.4 Å². The van der Waals surface area contributed by atoms with E-state index in [0.717, 1.165) is 29.9 Å². The van der Waals surface area contributed by atoms with Crippen molar-refractivity contribution < 1.29 is 17.9 Å². The van der Waals surface area contributed by atoms with Gasteiger partial charge in [-0.2, -0.15) is 5.10 Å².